The van der Waals surface area contributed by atoms with Crippen LogP contribution in [-0.2, 0) is 4.79 Å². The number of amides is 1. The van der Waals surface area contributed by atoms with E-state index in [2.05, 4.69) is 22.8 Å². The van der Waals surface area contributed by atoms with Gasteiger partial charge in [-0.1, -0.05) is 12.5 Å². The van der Waals surface area contributed by atoms with Crippen LogP contribution in [0.15, 0.2) is 24.3 Å². The first kappa shape index (κ1) is 12.2. The van der Waals surface area contributed by atoms with E-state index < -0.39 is 0 Å². The highest BCUT2D eigenvalue weighted by molar-refractivity contribution is 5.94. The predicted molar refractivity (Wildman–Crippen MR) is 80.7 cm³/mol. The Hall–Kier alpha value is -1.51. The zero-order valence-corrected chi connectivity index (χ0v) is 11.8. The van der Waals surface area contributed by atoms with Crippen LogP contribution in [0.25, 0.3) is 0 Å². The molecule has 0 spiro atoms. The standard InChI is InChI=1S/C17H22N2O/c20-17(12-6-7-12)19-15-3-1-2-14(10-15)18-16-9-11-4-5-13(16)8-11/h1-3,10-13,16,18H,4-9H2,(H,19,20). The van der Waals surface area contributed by atoms with Crippen molar-refractivity contribution >= 4 is 17.3 Å². The minimum atomic E-state index is 0.182. The van der Waals surface area contributed by atoms with Crippen molar-refractivity contribution < 1.29 is 4.79 Å². The molecule has 0 radical (unpaired) electrons. The maximum atomic E-state index is 11.8. The Morgan fingerprint density at radius 3 is 2.60 bits per heavy atom. The summed E-state index contributed by atoms with van der Waals surface area (Å²) >= 11 is 0. The van der Waals surface area contributed by atoms with E-state index in [4.69, 9.17) is 0 Å². The van der Waals surface area contributed by atoms with Crippen molar-refractivity contribution in [3.05, 3.63) is 24.3 Å². The number of anilines is 2. The van der Waals surface area contributed by atoms with E-state index in [1.807, 2.05) is 12.1 Å². The third-order valence-corrected chi connectivity index (χ3v) is 5.17. The second kappa shape index (κ2) is 4.80. The molecule has 3 saturated carbocycles. The molecule has 3 heteroatoms. The average molecular weight is 270 g/mol. The van der Waals surface area contributed by atoms with Gasteiger partial charge in [-0.15, -0.1) is 0 Å². The smallest absolute Gasteiger partial charge is 0.227 e. The van der Waals surface area contributed by atoms with E-state index >= 15 is 0 Å². The van der Waals surface area contributed by atoms with Gasteiger partial charge in [0.25, 0.3) is 0 Å². The fraction of sp³-hybridized carbons (Fsp3) is 0.588. The Morgan fingerprint density at radius 1 is 1.05 bits per heavy atom. The first-order valence-electron chi connectivity index (χ1n) is 7.95. The summed E-state index contributed by atoms with van der Waals surface area (Å²) in [6.45, 7) is 0. The molecular weight excluding hydrogens is 248 g/mol. The van der Waals surface area contributed by atoms with Gasteiger partial charge in [-0.05, 0) is 62.1 Å². The van der Waals surface area contributed by atoms with E-state index in [1.165, 1.54) is 25.7 Å². The molecule has 3 aliphatic carbocycles. The van der Waals surface area contributed by atoms with Gasteiger partial charge < -0.3 is 10.6 Å². The molecule has 2 bridgehead atoms. The largest absolute Gasteiger partial charge is 0.382 e. The van der Waals surface area contributed by atoms with Crippen LogP contribution in [0.3, 0.4) is 0 Å². The second-order valence-electron chi connectivity index (χ2n) is 6.77. The lowest BCUT2D eigenvalue weighted by atomic mass is 9.95. The van der Waals surface area contributed by atoms with Gasteiger partial charge in [-0.3, -0.25) is 4.79 Å². The van der Waals surface area contributed by atoms with Crippen LogP contribution < -0.4 is 10.6 Å². The van der Waals surface area contributed by atoms with E-state index in [9.17, 15) is 4.79 Å². The number of fused-ring (bicyclic) bond motifs is 2. The Labute approximate surface area is 120 Å². The molecule has 3 fully saturated rings. The van der Waals surface area contributed by atoms with Crippen molar-refractivity contribution in [3.8, 4) is 0 Å². The van der Waals surface area contributed by atoms with Crippen LogP contribution in [0.4, 0.5) is 11.4 Å². The van der Waals surface area contributed by atoms with E-state index in [0.29, 0.717) is 6.04 Å². The molecule has 20 heavy (non-hydrogen) atoms. The molecule has 1 amide bonds. The van der Waals surface area contributed by atoms with Crippen molar-refractivity contribution in [1.82, 2.24) is 0 Å². The topological polar surface area (TPSA) is 41.1 Å². The van der Waals surface area contributed by atoms with Gasteiger partial charge in [0.15, 0.2) is 0 Å². The Bertz CT molecular complexity index is 523. The average Bonchev–Trinajstić information content (AvgIpc) is 3.10. The van der Waals surface area contributed by atoms with E-state index in [-0.39, 0.29) is 11.8 Å². The summed E-state index contributed by atoms with van der Waals surface area (Å²) in [7, 11) is 0. The summed E-state index contributed by atoms with van der Waals surface area (Å²) < 4.78 is 0. The summed E-state index contributed by atoms with van der Waals surface area (Å²) in [5.74, 6) is 2.26. The van der Waals surface area contributed by atoms with Crippen LogP contribution in [0, 0.1) is 17.8 Å². The van der Waals surface area contributed by atoms with Crippen molar-refractivity contribution in [2.75, 3.05) is 10.6 Å². The summed E-state index contributed by atoms with van der Waals surface area (Å²) in [4.78, 5) is 11.8. The molecule has 0 aliphatic heterocycles. The van der Waals surface area contributed by atoms with Gasteiger partial charge >= 0.3 is 0 Å². The maximum Gasteiger partial charge on any atom is 0.227 e. The summed E-state index contributed by atoms with van der Waals surface area (Å²) in [5, 5.41) is 6.70. The molecule has 0 heterocycles. The summed E-state index contributed by atoms with van der Waals surface area (Å²) in [5.41, 5.74) is 2.08. The quantitative estimate of drug-likeness (QED) is 0.877. The number of hydrogen-bond donors (Lipinski definition) is 2. The van der Waals surface area contributed by atoms with Crippen molar-refractivity contribution in [1.29, 1.82) is 0 Å². The highest BCUT2D eigenvalue weighted by atomic mass is 16.2. The molecule has 0 aromatic heterocycles. The number of carbonyl (C=O) groups is 1. The molecule has 4 rings (SSSR count). The van der Waals surface area contributed by atoms with Crippen LogP contribution in [0.5, 0.6) is 0 Å². The number of carbonyl (C=O) groups excluding carboxylic acids is 1. The van der Waals surface area contributed by atoms with Gasteiger partial charge in [0.2, 0.25) is 5.91 Å². The highest BCUT2D eigenvalue weighted by Gasteiger charge is 2.39. The first-order chi connectivity index (χ1) is 9.78. The number of rotatable bonds is 4. The van der Waals surface area contributed by atoms with Crippen LogP contribution in [0.2, 0.25) is 0 Å². The molecule has 3 nitrogen and oxygen atoms in total. The highest BCUT2D eigenvalue weighted by Crippen LogP contribution is 2.45. The van der Waals surface area contributed by atoms with E-state index in [1.54, 1.807) is 0 Å². The number of benzene rings is 1. The molecule has 1 aromatic rings. The molecule has 2 N–H and O–H groups in total. The third kappa shape index (κ3) is 2.41. The van der Waals surface area contributed by atoms with Crippen molar-refractivity contribution in [2.45, 2.75) is 44.6 Å². The van der Waals surface area contributed by atoms with Crippen molar-refractivity contribution in [2.24, 2.45) is 17.8 Å². The Balaban J connectivity index is 1.41. The lowest BCUT2D eigenvalue weighted by Gasteiger charge is -2.24. The van der Waals surface area contributed by atoms with Crippen LogP contribution >= 0.6 is 0 Å². The molecule has 3 unspecified atom stereocenters. The third-order valence-electron chi connectivity index (χ3n) is 5.17. The lowest BCUT2D eigenvalue weighted by molar-refractivity contribution is -0.117. The van der Waals surface area contributed by atoms with E-state index in [0.717, 1.165) is 36.1 Å². The fourth-order valence-electron chi connectivity index (χ4n) is 3.91. The van der Waals surface area contributed by atoms with Crippen LogP contribution in [0.1, 0.15) is 38.5 Å². The predicted octanol–water partition coefficient (Wildman–Crippen LogP) is 3.64. The van der Waals surface area contributed by atoms with Gasteiger partial charge in [-0.2, -0.15) is 0 Å². The Kier molecular flexibility index (Phi) is 2.94. The normalized spacial score (nSPS) is 31.3. The minimum Gasteiger partial charge on any atom is -0.382 e. The zero-order valence-electron chi connectivity index (χ0n) is 11.8. The fourth-order valence-corrected chi connectivity index (χ4v) is 3.91. The second-order valence-corrected chi connectivity index (χ2v) is 6.77. The summed E-state index contributed by atoms with van der Waals surface area (Å²) in [6, 6.07) is 8.83. The number of hydrogen-bond acceptors (Lipinski definition) is 2. The Morgan fingerprint density at radius 2 is 1.90 bits per heavy atom. The SMILES string of the molecule is O=C(Nc1cccc(NC2CC3CCC2C3)c1)C1CC1. The summed E-state index contributed by atoms with van der Waals surface area (Å²) in [6.07, 6.45) is 7.66. The molecular formula is C17H22N2O. The molecule has 3 atom stereocenters. The first-order valence-corrected chi connectivity index (χ1v) is 7.95. The lowest BCUT2D eigenvalue weighted by Crippen LogP contribution is -2.25. The minimum absolute atomic E-state index is 0.182. The molecule has 3 aliphatic rings. The molecule has 106 valence electrons. The molecule has 1 aromatic carbocycles. The molecule has 0 saturated heterocycles. The monoisotopic (exact) mass is 270 g/mol. The van der Waals surface area contributed by atoms with Crippen molar-refractivity contribution in [3.63, 3.8) is 0 Å². The maximum absolute atomic E-state index is 11.8. The van der Waals surface area contributed by atoms with Gasteiger partial charge in [0.05, 0.1) is 0 Å². The zero-order chi connectivity index (χ0) is 13.5. The van der Waals surface area contributed by atoms with Crippen LogP contribution in [-0.4, -0.2) is 11.9 Å². The van der Waals surface area contributed by atoms with Gasteiger partial charge in [0.1, 0.15) is 0 Å². The van der Waals surface area contributed by atoms with Gasteiger partial charge in [0, 0.05) is 23.3 Å². The van der Waals surface area contributed by atoms with Gasteiger partial charge in [-0.25, -0.2) is 0 Å². The number of nitrogens with one attached hydrogen (secondary N) is 2.